The zero-order valence-corrected chi connectivity index (χ0v) is 86.7. The first-order chi connectivity index (χ1) is 70.5. The number of aliphatic carboxylic acids is 1. The van der Waals surface area contributed by atoms with Crippen molar-refractivity contribution in [3.8, 4) is 0 Å². The Kier molecular flexibility index (Phi) is 51.9. The van der Waals surface area contributed by atoms with Crippen LogP contribution in [0.25, 0.3) is 10.9 Å². The van der Waals surface area contributed by atoms with E-state index in [0.29, 0.717) is 47.8 Å². The standard InChI is InChI=1S/C94H150N32O19S3/c1-53(2)42-65-83(137)112-63(26-16-37-109-94(104)105)81(135)121-70(85(139)114-62(25-15-36-108-93(102)103)80(134)119-68(90(144)145)45-56-46-110-59-22-11-10-20-57(56)59)48-147-40-31-75(129)124-50-123-51-125(52-124)76(130)32-41-148-49-71(86(140)113-61(24-14-35-107-92(100)101)78(132)115-64(82(136)116-65)28-29-73(97)127)122-88(142)72-27-17-38-126(72)89(143)67(43-54(3)4)118-79(133)60(23-9-6-12-33-95)111-84(138)66(44-55-18-7-5-8-19-55)117-87(141)69(47-146-39-30-74(123)128)120-77(131)58(96)21-13-34-106-91(98)99/h5,7-8,10-11,18-20,22,46,53-54,58,60-72,110H,6,9,12-17,21,23-45,47-52,95-96H2,1-4H3,(H2,97,127)(H,111,138)(H,112,137)(H,113,140)(H,114,139)(H,115,132)(H,116,136)(H,117,141)(H,118,133)(H,119,134)(H,120,131)(H,121,135)(H,122,142)(H,144,145)(H4,98,99,106)(H4,100,101,107)(H4,102,103,108)(H4,104,105,109)/t58-,60-,61-,62-,63-,64-,65-,66-,67-,68-,69-,70-,71-,72-/m0/s1. The normalized spacial score (nSPS) is 22.4. The maximum absolute atomic E-state index is 15.5. The fourth-order valence-corrected chi connectivity index (χ4v) is 19.7. The topological polar surface area (TPSA) is 826 Å². The second-order valence-electron chi connectivity index (χ2n) is 37.7. The fraction of sp³-hybridized carbons (Fsp3) is 0.617. The van der Waals surface area contributed by atoms with Crippen LogP contribution in [-0.4, -0.2) is 338 Å². The van der Waals surface area contributed by atoms with Crippen LogP contribution in [0.5, 0.6) is 0 Å². The van der Waals surface area contributed by atoms with Crippen LogP contribution in [0, 0.1) is 33.5 Å². The lowest BCUT2D eigenvalue weighted by atomic mass is 10.00. The van der Waals surface area contributed by atoms with Gasteiger partial charge in [-0.3, -0.25) is 103 Å². The summed E-state index contributed by atoms with van der Waals surface area (Å²) in [6.07, 6.45) is -0.350. The van der Waals surface area contributed by atoms with Gasteiger partial charge in [0.1, 0.15) is 78.5 Å². The predicted octanol–water partition coefficient (Wildman–Crippen LogP) is -5.13. The lowest BCUT2D eigenvalue weighted by Gasteiger charge is -2.42. The van der Waals surface area contributed by atoms with Gasteiger partial charge in [0.15, 0.2) is 23.8 Å². The number of amides is 17. The summed E-state index contributed by atoms with van der Waals surface area (Å²) in [6, 6.07) is -6.10. The number of primary amides is 1. The van der Waals surface area contributed by atoms with Crippen molar-refractivity contribution in [3.05, 3.63) is 71.9 Å². The Hall–Kier alpha value is -13.5. The molecule has 4 bridgehead atoms. The molecule has 4 aliphatic rings. The van der Waals surface area contributed by atoms with Crippen molar-refractivity contribution >= 4 is 176 Å². The molecular formula is C94H150N32O19S3. The molecule has 818 valence electrons. The van der Waals surface area contributed by atoms with E-state index < -0.39 is 260 Å². The third kappa shape index (κ3) is 42.4. The second-order valence-corrected chi connectivity index (χ2v) is 41.1. The average molecular weight is 2130 g/mol. The SMILES string of the molecule is CC(C)C[C@@H]1NC(=O)[C@H](CCC(N)=O)NC(=O)[C@H](CCCNC(=N)N)NC(=O)[C@@H]2CSCCC(=O)N3CN(CN(C3)C(=O)CCSC[C@H](NC(=O)[C@@H](N)CCCNC(=N)N)C(=O)N[C@@H](Cc3ccccc3)C(=O)N[C@@H](CCCCCN)C(=O)N[C@@H](CC(C)C)C(=O)N3CCC[C@H]3C(=O)N2)C(=O)CCSC[C@@H](C(=O)N[C@@H](CCCNC(=N)N)C(=O)N[C@@H](Cc2c[nH]c3ccccc23)C(=O)O)NC(=O)[C@H](CCCNC(=N)N)NC1=O. The maximum Gasteiger partial charge on any atom is 0.326 e. The van der Waals surface area contributed by atoms with E-state index in [1.165, 1.54) is 19.6 Å². The molecule has 1 aromatic heterocycles. The zero-order chi connectivity index (χ0) is 109. The van der Waals surface area contributed by atoms with Crippen molar-refractivity contribution < 1.29 is 91.4 Å². The minimum absolute atomic E-state index is 0.00820. The number of carboxylic acids is 1. The highest BCUT2D eigenvalue weighted by Crippen LogP contribution is 2.26. The summed E-state index contributed by atoms with van der Waals surface area (Å²) in [5, 5.41) is 85.6. The molecule has 3 aromatic rings. The Morgan fingerprint density at radius 2 is 0.946 bits per heavy atom. The molecule has 5 heterocycles. The van der Waals surface area contributed by atoms with Crippen LogP contribution in [0.15, 0.2) is 60.8 Å². The van der Waals surface area contributed by atoms with Gasteiger partial charge in [-0.2, -0.15) is 35.3 Å². The smallest absolute Gasteiger partial charge is 0.326 e. The zero-order valence-electron chi connectivity index (χ0n) is 84.2. The van der Waals surface area contributed by atoms with Crippen molar-refractivity contribution in [2.45, 2.75) is 260 Å². The number of hydrogen-bond acceptors (Lipinski definition) is 27. The highest BCUT2D eigenvalue weighted by atomic mass is 32.2. The van der Waals surface area contributed by atoms with Gasteiger partial charge < -0.3 is 155 Å². The van der Waals surface area contributed by atoms with E-state index in [4.69, 9.17) is 61.8 Å². The Labute approximate surface area is 872 Å². The number of aromatic amines is 1. The molecule has 51 nitrogen and oxygen atoms in total. The molecule has 36 N–H and O–H groups in total. The number of nitrogens with one attached hydrogen (secondary N) is 21. The van der Waals surface area contributed by atoms with E-state index in [1.807, 2.05) is 0 Å². The van der Waals surface area contributed by atoms with Crippen LogP contribution in [0.3, 0.4) is 0 Å². The largest absolute Gasteiger partial charge is 0.480 e. The predicted molar refractivity (Wildman–Crippen MR) is 558 cm³/mol. The van der Waals surface area contributed by atoms with Gasteiger partial charge in [0.25, 0.3) is 0 Å². The van der Waals surface area contributed by atoms with Crippen LogP contribution >= 0.6 is 35.3 Å². The minimum atomic E-state index is -1.77. The number of benzene rings is 2. The Bertz CT molecular complexity index is 5060. The van der Waals surface area contributed by atoms with Crippen molar-refractivity contribution in [2.75, 3.05) is 93.8 Å². The van der Waals surface area contributed by atoms with Crippen LogP contribution in [0.4, 0.5) is 0 Å². The number of carbonyl (C=O) groups is 18. The van der Waals surface area contributed by atoms with Crippen LogP contribution in [-0.2, 0) is 99.1 Å². The average Bonchev–Trinajstić information content (AvgIpc) is 1.70. The first-order valence-corrected chi connectivity index (χ1v) is 53.3. The van der Waals surface area contributed by atoms with Crippen LogP contribution in [0.1, 0.15) is 174 Å². The molecule has 14 atom stereocenters. The van der Waals surface area contributed by atoms with Gasteiger partial charge in [-0.1, -0.05) is 89.1 Å². The summed E-state index contributed by atoms with van der Waals surface area (Å²) >= 11 is 2.90. The summed E-state index contributed by atoms with van der Waals surface area (Å²) in [6.45, 7) is 5.86. The number of fused-ring (bicyclic) bond motifs is 9. The third-order valence-corrected chi connectivity index (χ3v) is 27.9. The molecule has 0 radical (unpaired) electrons. The Morgan fingerprint density at radius 3 is 1.49 bits per heavy atom. The molecule has 4 aliphatic heterocycles. The van der Waals surface area contributed by atoms with Crippen molar-refractivity contribution in [3.63, 3.8) is 0 Å². The number of carbonyl (C=O) groups excluding carboxylic acids is 17. The number of carboxylic acid groups (broad SMARTS) is 1. The van der Waals surface area contributed by atoms with Gasteiger partial charge in [-0.25, -0.2) is 4.79 Å². The molecule has 4 saturated heterocycles. The molecule has 0 saturated carbocycles. The monoisotopic (exact) mass is 2130 g/mol. The van der Waals surface area contributed by atoms with E-state index in [2.05, 4.69) is 90.1 Å². The number of H-pyrrole nitrogens is 1. The number of unbranched alkanes of at least 4 members (excludes halogenated alkanes) is 2. The molecular weight excluding hydrogens is 1980 g/mol. The molecule has 4 fully saturated rings. The molecule has 148 heavy (non-hydrogen) atoms. The molecule has 0 unspecified atom stereocenters. The summed E-state index contributed by atoms with van der Waals surface area (Å²) in [5.74, 6) is -20.7. The summed E-state index contributed by atoms with van der Waals surface area (Å²) < 4.78 is 0. The number of nitrogens with zero attached hydrogens (tertiary/aromatic N) is 4. The van der Waals surface area contributed by atoms with Crippen molar-refractivity contribution in [2.24, 2.45) is 52.0 Å². The molecule has 0 spiro atoms. The second kappa shape index (κ2) is 63.2. The van der Waals surface area contributed by atoms with Gasteiger partial charge in [0, 0.05) is 123 Å². The van der Waals surface area contributed by atoms with Gasteiger partial charge in [0.2, 0.25) is 100 Å². The van der Waals surface area contributed by atoms with Crippen LogP contribution < -0.4 is 125 Å². The quantitative estimate of drug-likeness (QED) is 0.0144. The summed E-state index contributed by atoms with van der Waals surface area (Å²) in [7, 11) is 0. The maximum atomic E-state index is 15.5. The number of guanidine groups is 4. The van der Waals surface area contributed by atoms with Crippen molar-refractivity contribution in [1.29, 1.82) is 21.6 Å². The lowest BCUT2D eigenvalue weighted by Crippen LogP contribution is -2.61. The Morgan fingerprint density at radius 1 is 0.480 bits per heavy atom. The van der Waals surface area contributed by atoms with E-state index in [-0.39, 0.29) is 183 Å². The summed E-state index contributed by atoms with van der Waals surface area (Å²) in [4.78, 5) is 276. The number of para-hydroxylation sites is 1. The van der Waals surface area contributed by atoms with E-state index in [0.717, 1.165) is 35.3 Å². The summed E-state index contributed by atoms with van der Waals surface area (Å²) in [5.41, 5.74) is 42.3. The lowest BCUT2D eigenvalue weighted by molar-refractivity contribution is -0.158. The molecule has 17 amide bonds. The van der Waals surface area contributed by atoms with E-state index in [1.54, 1.807) is 88.5 Å². The number of rotatable bonds is 39. The minimum Gasteiger partial charge on any atom is -0.480 e. The highest BCUT2D eigenvalue weighted by Gasteiger charge is 2.44. The first-order valence-electron chi connectivity index (χ1n) is 49.9. The fourth-order valence-electron chi connectivity index (χ4n) is 16.8. The Balaban J connectivity index is 1.38. The van der Waals surface area contributed by atoms with Gasteiger partial charge >= 0.3 is 5.97 Å². The van der Waals surface area contributed by atoms with Gasteiger partial charge in [-0.05, 0) is 132 Å². The van der Waals surface area contributed by atoms with E-state index >= 15 is 67.1 Å². The molecule has 0 aliphatic carbocycles. The molecule has 7 rings (SSSR count). The van der Waals surface area contributed by atoms with E-state index in [9.17, 15) is 24.3 Å². The van der Waals surface area contributed by atoms with Gasteiger partial charge in [-0.15, -0.1) is 0 Å². The molecule has 54 heteroatoms. The number of hydrogen-bond donors (Lipinski definition) is 29. The number of thioether (sulfide) groups is 3. The van der Waals surface area contributed by atoms with Crippen LogP contribution in [0.2, 0.25) is 0 Å². The highest BCUT2D eigenvalue weighted by molar-refractivity contribution is 7.99. The molecule has 2 aromatic carbocycles. The number of aromatic nitrogens is 1. The first kappa shape index (κ1) is 121. The number of nitrogens with two attached hydrogens (primary N) is 7. The third-order valence-electron chi connectivity index (χ3n) is 24.7. The van der Waals surface area contributed by atoms with Crippen molar-refractivity contribution in [1.82, 2.24) is 110 Å². The van der Waals surface area contributed by atoms with Gasteiger partial charge in [0.05, 0.1) is 26.0 Å².